The van der Waals surface area contributed by atoms with Crippen LogP contribution in [0.5, 0.6) is 0 Å². The molecule has 0 atom stereocenters. The molecule has 0 aromatic heterocycles. The van der Waals surface area contributed by atoms with Crippen molar-refractivity contribution in [3.05, 3.63) is 88.4 Å². The molecule has 0 saturated carbocycles. The number of rotatable bonds is 4. The maximum atomic E-state index is 13.6. The number of nitrogens with two attached hydrogens (primary N) is 1. The Morgan fingerprint density at radius 3 is 1.83 bits per heavy atom. The van der Waals surface area contributed by atoms with Crippen LogP contribution in [-0.2, 0) is 6.42 Å². The van der Waals surface area contributed by atoms with E-state index >= 15 is 0 Å². The molecule has 0 spiro atoms. The number of benzene rings is 2. The second-order valence-corrected chi connectivity index (χ2v) is 4.88. The molecule has 120 valence electrons. The van der Waals surface area contributed by atoms with Crippen molar-refractivity contribution >= 4 is 6.08 Å². The van der Waals surface area contributed by atoms with Crippen LogP contribution in [0.3, 0.4) is 0 Å². The van der Waals surface area contributed by atoms with Gasteiger partial charge in [-0.15, -0.1) is 0 Å². The van der Waals surface area contributed by atoms with Crippen molar-refractivity contribution in [2.75, 3.05) is 0 Å². The van der Waals surface area contributed by atoms with Crippen molar-refractivity contribution in [2.45, 2.75) is 6.42 Å². The minimum Gasteiger partial charge on any atom is -0.399 e. The molecule has 2 aromatic carbocycles. The fraction of sp³-hybridized carbons (Fsp3) is 0.0588. The Bertz CT molecular complexity index is 750. The van der Waals surface area contributed by atoms with Gasteiger partial charge in [0.05, 0.1) is 0 Å². The molecule has 0 aliphatic rings. The van der Waals surface area contributed by atoms with Crippen molar-refractivity contribution in [3.8, 4) is 0 Å². The second-order valence-electron chi connectivity index (χ2n) is 4.88. The molecule has 0 aliphatic carbocycles. The average molecular weight is 325 g/mol. The van der Waals surface area contributed by atoms with Gasteiger partial charge in [0.2, 0.25) is 5.82 Å². The topological polar surface area (TPSA) is 26.0 Å². The van der Waals surface area contributed by atoms with Gasteiger partial charge in [0.15, 0.2) is 23.3 Å². The van der Waals surface area contributed by atoms with E-state index in [1.807, 2.05) is 0 Å². The summed E-state index contributed by atoms with van der Waals surface area (Å²) >= 11 is 0. The molecule has 0 unspecified atom stereocenters. The lowest BCUT2D eigenvalue weighted by Gasteiger charge is -2.08. The highest BCUT2D eigenvalue weighted by Gasteiger charge is 2.25. The molecular weight excluding hydrogens is 313 g/mol. The summed E-state index contributed by atoms with van der Waals surface area (Å²) in [6.07, 6.45) is 2.82. The summed E-state index contributed by atoms with van der Waals surface area (Å²) in [5.74, 6) is -9.68. The molecule has 0 saturated heterocycles. The average Bonchev–Trinajstić information content (AvgIpc) is 2.54. The summed E-state index contributed by atoms with van der Waals surface area (Å²) in [6.45, 7) is 3.49. The maximum Gasteiger partial charge on any atom is 0.200 e. The molecule has 1 nitrogen and oxygen atoms in total. The molecule has 2 aromatic rings. The Kier molecular flexibility index (Phi) is 4.83. The molecular formula is C17H12F5N. The Labute approximate surface area is 129 Å². The Hall–Kier alpha value is -2.63. The molecule has 0 amide bonds. The SMILES string of the molecule is C=C(N)/C=C/c1ccc(Cc2c(F)c(F)c(F)c(F)c2F)cc1. The van der Waals surface area contributed by atoms with E-state index in [-0.39, 0.29) is 0 Å². The zero-order chi connectivity index (χ0) is 17.1. The number of halogens is 5. The van der Waals surface area contributed by atoms with Crippen LogP contribution in [0.2, 0.25) is 0 Å². The lowest BCUT2D eigenvalue weighted by Crippen LogP contribution is -2.07. The Morgan fingerprint density at radius 1 is 0.870 bits per heavy atom. The van der Waals surface area contributed by atoms with Gasteiger partial charge in [-0.25, -0.2) is 22.0 Å². The van der Waals surface area contributed by atoms with Gasteiger partial charge in [-0.2, -0.15) is 0 Å². The third-order valence-electron chi connectivity index (χ3n) is 3.15. The summed E-state index contributed by atoms with van der Waals surface area (Å²) in [5.41, 5.74) is 6.02. The first-order valence-electron chi connectivity index (χ1n) is 6.53. The molecule has 0 fully saturated rings. The fourth-order valence-corrected chi connectivity index (χ4v) is 1.96. The van der Waals surface area contributed by atoms with Crippen LogP contribution in [-0.4, -0.2) is 0 Å². The van der Waals surface area contributed by atoms with Crippen LogP contribution < -0.4 is 5.73 Å². The monoisotopic (exact) mass is 325 g/mol. The number of hydrogen-bond acceptors (Lipinski definition) is 1. The van der Waals surface area contributed by atoms with Crippen molar-refractivity contribution in [1.29, 1.82) is 0 Å². The largest absolute Gasteiger partial charge is 0.399 e. The van der Waals surface area contributed by atoms with Crippen LogP contribution in [0.4, 0.5) is 22.0 Å². The van der Waals surface area contributed by atoms with E-state index in [9.17, 15) is 22.0 Å². The summed E-state index contributed by atoms with van der Waals surface area (Å²) in [4.78, 5) is 0. The normalized spacial score (nSPS) is 11.2. The summed E-state index contributed by atoms with van der Waals surface area (Å²) in [6, 6.07) is 6.30. The van der Waals surface area contributed by atoms with Crippen LogP contribution in [0.25, 0.3) is 6.08 Å². The molecule has 6 heteroatoms. The van der Waals surface area contributed by atoms with E-state index in [0.717, 1.165) is 5.56 Å². The second kappa shape index (κ2) is 6.64. The molecule has 0 bridgehead atoms. The Morgan fingerprint density at radius 2 is 1.35 bits per heavy atom. The first-order chi connectivity index (χ1) is 10.8. The third-order valence-corrected chi connectivity index (χ3v) is 3.15. The van der Waals surface area contributed by atoms with Crippen LogP contribution in [0.15, 0.2) is 42.6 Å². The lowest BCUT2D eigenvalue weighted by atomic mass is 10.0. The fourth-order valence-electron chi connectivity index (χ4n) is 1.96. The van der Waals surface area contributed by atoms with E-state index < -0.39 is 41.1 Å². The minimum atomic E-state index is -2.16. The van der Waals surface area contributed by atoms with Crippen LogP contribution >= 0.6 is 0 Å². The van der Waals surface area contributed by atoms with Crippen LogP contribution in [0, 0.1) is 29.1 Å². The summed E-state index contributed by atoms with van der Waals surface area (Å²) in [5, 5.41) is 0. The molecule has 0 heterocycles. The van der Waals surface area contributed by atoms with Gasteiger partial charge in [0.25, 0.3) is 0 Å². The molecule has 2 rings (SSSR count). The van der Waals surface area contributed by atoms with E-state index in [2.05, 4.69) is 6.58 Å². The van der Waals surface area contributed by atoms with Crippen molar-refractivity contribution < 1.29 is 22.0 Å². The van der Waals surface area contributed by atoms with Gasteiger partial charge < -0.3 is 5.73 Å². The van der Waals surface area contributed by atoms with Gasteiger partial charge in [-0.3, -0.25) is 0 Å². The van der Waals surface area contributed by atoms with Crippen molar-refractivity contribution in [1.82, 2.24) is 0 Å². The third kappa shape index (κ3) is 3.59. The molecule has 0 radical (unpaired) electrons. The number of allylic oxidation sites excluding steroid dienone is 1. The van der Waals surface area contributed by atoms with E-state index in [4.69, 9.17) is 5.73 Å². The highest BCUT2D eigenvalue weighted by atomic mass is 19.2. The lowest BCUT2D eigenvalue weighted by molar-refractivity contribution is 0.371. The maximum absolute atomic E-state index is 13.6. The minimum absolute atomic E-state index is 0.357. The highest BCUT2D eigenvalue weighted by Crippen LogP contribution is 2.25. The number of hydrogen-bond donors (Lipinski definition) is 1. The standard InChI is InChI=1S/C17H12F5N/c1-9(23)2-3-10-4-6-11(7-5-10)8-12-13(18)15(20)17(22)16(21)14(12)19/h2-7H,1,8,23H2/b3-2+. The van der Waals surface area contributed by atoms with Crippen LogP contribution in [0.1, 0.15) is 16.7 Å². The van der Waals surface area contributed by atoms with Crippen molar-refractivity contribution in [3.63, 3.8) is 0 Å². The zero-order valence-corrected chi connectivity index (χ0v) is 11.8. The summed E-state index contributed by atoms with van der Waals surface area (Å²) in [7, 11) is 0. The molecule has 2 N–H and O–H groups in total. The van der Waals surface area contributed by atoms with E-state index in [1.54, 1.807) is 24.3 Å². The predicted molar refractivity (Wildman–Crippen MR) is 77.8 cm³/mol. The quantitative estimate of drug-likeness (QED) is 0.382. The first kappa shape index (κ1) is 16.7. The van der Waals surface area contributed by atoms with Gasteiger partial charge >= 0.3 is 0 Å². The van der Waals surface area contributed by atoms with Gasteiger partial charge in [-0.1, -0.05) is 36.9 Å². The molecule has 23 heavy (non-hydrogen) atoms. The van der Waals surface area contributed by atoms with E-state index in [1.165, 1.54) is 12.1 Å². The summed E-state index contributed by atoms with van der Waals surface area (Å²) < 4.78 is 66.5. The highest BCUT2D eigenvalue weighted by molar-refractivity contribution is 5.52. The zero-order valence-electron chi connectivity index (χ0n) is 11.8. The van der Waals surface area contributed by atoms with Crippen molar-refractivity contribution in [2.24, 2.45) is 5.73 Å². The first-order valence-corrected chi connectivity index (χ1v) is 6.53. The Balaban J connectivity index is 2.32. The predicted octanol–water partition coefficient (Wildman–Crippen LogP) is 4.46. The van der Waals surface area contributed by atoms with E-state index in [0.29, 0.717) is 11.3 Å². The van der Waals surface area contributed by atoms with Gasteiger partial charge in [0.1, 0.15) is 0 Å². The molecule has 0 aliphatic heterocycles. The van der Waals surface area contributed by atoms with Gasteiger partial charge in [-0.05, 0) is 17.2 Å². The van der Waals surface area contributed by atoms with Gasteiger partial charge in [0, 0.05) is 17.7 Å². The smallest absolute Gasteiger partial charge is 0.200 e.